The fourth-order valence-electron chi connectivity index (χ4n) is 1.48. The molecule has 0 radical (unpaired) electrons. The second kappa shape index (κ2) is 6.81. The fourth-order valence-corrected chi connectivity index (χ4v) is 2.12. The van der Waals surface area contributed by atoms with Crippen LogP contribution in [0.3, 0.4) is 0 Å². The molecular weight excluding hydrogens is 264 g/mol. The number of aromatic nitrogens is 2. The number of benzene rings is 1. The van der Waals surface area contributed by atoms with Gasteiger partial charge in [0.1, 0.15) is 5.75 Å². The second-order valence-corrected chi connectivity index (χ2v) is 4.64. The minimum absolute atomic E-state index is 0.366. The highest BCUT2D eigenvalue weighted by atomic mass is 32.2. The Kier molecular flexibility index (Phi) is 4.82. The molecule has 2 aromatic rings. The zero-order valence-corrected chi connectivity index (χ0v) is 10.9. The second-order valence-electron chi connectivity index (χ2n) is 3.56. The summed E-state index contributed by atoms with van der Waals surface area (Å²) >= 11 is 1.55. The summed E-state index contributed by atoms with van der Waals surface area (Å²) in [5.74, 6) is 6.00. The molecule has 0 fully saturated rings. The van der Waals surface area contributed by atoms with Gasteiger partial charge in [-0.3, -0.25) is 10.2 Å². The maximum Gasteiger partial charge on any atom is 0.268 e. The normalized spacial score (nSPS) is 10.2. The van der Waals surface area contributed by atoms with Crippen LogP contribution in [-0.4, -0.2) is 28.2 Å². The Morgan fingerprint density at radius 2 is 2.32 bits per heavy atom. The first-order chi connectivity index (χ1) is 9.31. The third-order valence-corrected chi connectivity index (χ3v) is 3.18. The standard InChI is InChI=1S/C12H14N4O2S/c13-16-11(17)9-3-1-2-4-10(9)18-7-8-19-12-14-5-6-15-12/h1-6H,7-8,13H2,(H,14,15)(H,16,17). The fraction of sp³-hybridized carbons (Fsp3) is 0.167. The highest BCUT2D eigenvalue weighted by molar-refractivity contribution is 7.99. The van der Waals surface area contributed by atoms with Gasteiger partial charge in [0, 0.05) is 18.1 Å². The molecule has 0 atom stereocenters. The molecule has 100 valence electrons. The topological polar surface area (TPSA) is 93.0 Å². The van der Waals surface area contributed by atoms with E-state index in [1.165, 1.54) is 0 Å². The number of hydrogen-bond acceptors (Lipinski definition) is 5. The smallest absolute Gasteiger partial charge is 0.268 e. The van der Waals surface area contributed by atoms with E-state index in [1.807, 2.05) is 6.07 Å². The van der Waals surface area contributed by atoms with Gasteiger partial charge < -0.3 is 9.72 Å². The van der Waals surface area contributed by atoms with E-state index in [-0.39, 0.29) is 5.91 Å². The molecule has 6 nitrogen and oxygen atoms in total. The van der Waals surface area contributed by atoms with Gasteiger partial charge >= 0.3 is 0 Å². The number of nitrogen functional groups attached to an aromatic ring is 1. The van der Waals surface area contributed by atoms with Crippen LogP contribution in [0.15, 0.2) is 41.8 Å². The van der Waals surface area contributed by atoms with Crippen molar-refractivity contribution in [2.75, 3.05) is 12.4 Å². The number of carbonyl (C=O) groups excluding carboxylic acids is 1. The number of hydrogen-bond donors (Lipinski definition) is 3. The lowest BCUT2D eigenvalue weighted by Crippen LogP contribution is -2.30. The number of aromatic amines is 1. The van der Waals surface area contributed by atoms with Crippen molar-refractivity contribution in [1.29, 1.82) is 0 Å². The molecule has 0 bridgehead atoms. The lowest BCUT2D eigenvalue weighted by molar-refractivity contribution is 0.0950. The minimum Gasteiger partial charge on any atom is -0.492 e. The Bertz CT molecular complexity index is 530. The van der Waals surface area contributed by atoms with Crippen LogP contribution in [0.1, 0.15) is 10.4 Å². The first-order valence-corrected chi connectivity index (χ1v) is 6.65. The van der Waals surface area contributed by atoms with Gasteiger partial charge in [-0.15, -0.1) is 0 Å². The molecule has 7 heteroatoms. The Morgan fingerprint density at radius 3 is 3.05 bits per heavy atom. The first kappa shape index (κ1) is 13.4. The highest BCUT2D eigenvalue weighted by Crippen LogP contribution is 2.18. The van der Waals surface area contributed by atoms with Gasteiger partial charge in [-0.2, -0.15) is 0 Å². The predicted octanol–water partition coefficient (Wildman–Crippen LogP) is 1.18. The zero-order chi connectivity index (χ0) is 13.5. The summed E-state index contributed by atoms with van der Waals surface area (Å²) in [6.45, 7) is 0.472. The Hall–Kier alpha value is -1.99. The van der Waals surface area contributed by atoms with E-state index in [2.05, 4.69) is 15.4 Å². The predicted molar refractivity (Wildman–Crippen MR) is 72.9 cm³/mol. The number of nitrogens with one attached hydrogen (secondary N) is 2. The molecule has 1 heterocycles. The van der Waals surface area contributed by atoms with E-state index in [1.54, 1.807) is 42.4 Å². The van der Waals surface area contributed by atoms with Crippen molar-refractivity contribution in [2.24, 2.45) is 5.84 Å². The van der Waals surface area contributed by atoms with Crippen molar-refractivity contribution in [3.05, 3.63) is 42.2 Å². The van der Waals surface area contributed by atoms with Gasteiger partial charge in [0.05, 0.1) is 12.2 Å². The molecule has 0 aliphatic rings. The average molecular weight is 278 g/mol. The summed E-state index contributed by atoms with van der Waals surface area (Å²) < 4.78 is 5.58. The Labute approximate surface area is 114 Å². The van der Waals surface area contributed by atoms with E-state index in [0.717, 1.165) is 10.9 Å². The molecule has 1 amide bonds. The van der Waals surface area contributed by atoms with Gasteiger partial charge in [0.25, 0.3) is 5.91 Å². The number of ether oxygens (including phenoxy) is 1. The molecule has 2 rings (SSSR count). The number of nitrogens with two attached hydrogens (primary N) is 1. The van der Waals surface area contributed by atoms with Crippen molar-refractivity contribution in [1.82, 2.24) is 15.4 Å². The van der Waals surface area contributed by atoms with Crippen LogP contribution in [0.4, 0.5) is 0 Å². The SMILES string of the molecule is NNC(=O)c1ccccc1OCCSc1ncc[nH]1. The summed E-state index contributed by atoms with van der Waals surface area (Å²) in [6, 6.07) is 6.97. The van der Waals surface area contributed by atoms with Gasteiger partial charge in [0.15, 0.2) is 5.16 Å². The Morgan fingerprint density at radius 1 is 1.47 bits per heavy atom. The number of amides is 1. The molecule has 0 aliphatic carbocycles. The summed E-state index contributed by atoms with van der Waals surface area (Å²) in [4.78, 5) is 18.6. The third kappa shape index (κ3) is 3.73. The number of thioether (sulfide) groups is 1. The average Bonchev–Trinajstić information content (AvgIpc) is 2.96. The van der Waals surface area contributed by atoms with Gasteiger partial charge in [-0.05, 0) is 12.1 Å². The summed E-state index contributed by atoms with van der Waals surface area (Å²) in [5, 5.41) is 0.844. The van der Waals surface area contributed by atoms with Gasteiger partial charge in [-0.1, -0.05) is 23.9 Å². The van der Waals surface area contributed by atoms with Crippen molar-refractivity contribution in [3.63, 3.8) is 0 Å². The molecule has 0 saturated heterocycles. The lowest BCUT2D eigenvalue weighted by Gasteiger charge is -2.09. The molecule has 0 aliphatic heterocycles. The number of H-pyrrole nitrogens is 1. The zero-order valence-electron chi connectivity index (χ0n) is 10.1. The van der Waals surface area contributed by atoms with Crippen LogP contribution >= 0.6 is 11.8 Å². The van der Waals surface area contributed by atoms with Crippen molar-refractivity contribution in [3.8, 4) is 5.75 Å². The van der Waals surface area contributed by atoms with Crippen LogP contribution in [0.25, 0.3) is 0 Å². The third-order valence-electron chi connectivity index (χ3n) is 2.32. The molecule has 0 saturated carbocycles. The highest BCUT2D eigenvalue weighted by Gasteiger charge is 2.10. The van der Waals surface area contributed by atoms with Gasteiger partial charge in [0.2, 0.25) is 0 Å². The molecular formula is C12H14N4O2S. The van der Waals surface area contributed by atoms with Crippen molar-refractivity contribution < 1.29 is 9.53 Å². The van der Waals surface area contributed by atoms with E-state index < -0.39 is 0 Å². The van der Waals surface area contributed by atoms with Gasteiger partial charge in [-0.25, -0.2) is 10.8 Å². The van der Waals surface area contributed by atoms with E-state index in [4.69, 9.17) is 10.6 Å². The molecule has 1 aromatic carbocycles. The lowest BCUT2D eigenvalue weighted by atomic mass is 10.2. The van der Waals surface area contributed by atoms with E-state index >= 15 is 0 Å². The van der Waals surface area contributed by atoms with Crippen LogP contribution in [-0.2, 0) is 0 Å². The number of imidazole rings is 1. The Balaban J connectivity index is 1.87. The monoisotopic (exact) mass is 278 g/mol. The number of carbonyl (C=O) groups is 1. The van der Waals surface area contributed by atoms with Crippen LogP contribution in [0.2, 0.25) is 0 Å². The van der Waals surface area contributed by atoms with E-state index in [0.29, 0.717) is 17.9 Å². The molecule has 19 heavy (non-hydrogen) atoms. The number of para-hydroxylation sites is 1. The minimum atomic E-state index is -0.366. The quantitative estimate of drug-likeness (QED) is 0.243. The molecule has 4 N–H and O–H groups in total. The van der Waals surface area contributed by atoms with Crippen molar-refractivity contribution >= 4 is 17.7 Å². The summed E-state index contributed by atoms with van der Waals surface area (Å²) in [7, 11) is 0. The van der Waals surface area contributed by atoms with Crippen LogP contribution in [0, 0.1) is 0 Å². The number of nitrogens with zero attached hydrogens (tertiary/aromatic N) is 1. The largest absolute Gasteiger partial charge is 0.492 e. The summed E-state index contributed by atoms with van der Waals surface area (Å²) in [6.07, 6.45) is 3.47. The first-order valence-electron chi connectivity index (χ1n) is 5.66. The molecule has 0 unspecified atom stereocenters. The van der Waals surface area contributed by atoms with Crippen LogP contribution in [0.5, 0.6) is 5.75 Å². The van der Waals surface area contributed by atoms with E-state index in [9.17, 15) is 4.79 Å². The van der Waals surface area contributed by atoms with Crippen LogP contribution < -0.4 is 16.0 Å². The number of rotatable bonds is 6. The maximum absolute atomic E-state index is 11.5. The molecule has 1 aromatic heterocycles. The molecule has 0 spiro atoms. The maximum atomic E-state index is 11.5. The summed E-state index contributed by atoms with van der Waals surface area (Å²) in [5.41, 5.74) is 2.52. The van der Waals surface area contributed by atoms with Crippen molar-refractivity contribution in [2.45, 2.75) is 5.16 Å². The number of hydrazine groups is 1.